The van der Waals surface area contributed by atoms with Gasteiger partial charge in [0, 0.05) is 16.8 Å². The molecule has 2 N–H and O–H groups in total. The number of benzene rings is 2. The van der Waals surface area contributed by atoms with Crippen LogP contribution in [-0.2, 0) is 0 Å². The molecule has 4 nitrogen and oxygen atoms in total. The van der Waals surface area contributed by atoms with Crippen molar-refractivity contribution in [1.29, 1.82) is 0 Å². The Kier molecular flexibility index (Phi) is 6.58. The molecule has 2 aromatic carbocycles. The summed E-state index contributed by atoms with van der Waals surface area (Å²) in [4.78, 5) is 15.9. The molecule has 3 aromatic rings. The van der Waals surface area contributed by atoms with Gasteiger partial charge in [-0.2, -0.15) is 0 Å². The van der Waals surface area contributed by atoms with Crippen LogP contribution in [0.1, 0.15) is 21.6 Å². The zero-order valence-corrected chi connectivity index (χ0v) is 14.9. The molecule has 0 atom stereocenters. The Labute approximate surface area is 152 Å². The van der Waals surface area contributed by atoms with Gasteiger partial charge in [-0.15, -0.1) is 24.8 Å². The number of halogens is 2. The van der Waals surface area contributed by atoms with E-state index in [-0.39, 0.29) is 30.4 Å². The number of carboxylic acid groups (broad SMARTS) is 1. The lowest BCUT2D eigenvalue weighted by Crippen LogP contribution is -2.03. The molecule has 24 heavy (non-hydrogen) atoms. The van der Waals surface area contributed by atoms with Crippen LogP contribution in [0.5, 0.6) is 0 Å². The van der Waals surface area contributed by atoms with Crippen molar-refractivity contribution in [2.24, 2.45) is 0 Å². The third kappa shape index (κ3) is 3.78. The van der Waals surface area contributed by atoms with Gasteiger partial charge in [-0.05, 0) is 37.6 Å². The van der Waals surface area contributed by atoms with Crippen LogP contribution in [0.2, 0.25) is 0 Å². The summed E-state index contributed by atoms with van der Waals surface area (Å²) in [6.07, 6.45) is 0. The van der Waals surface area contributed by atoms with Crippen molar-refractivity contribution in [3.8, 4) is 0 Å². The minimum atomic E-state index is -0.950. The minimum Gasteiger partial charge on any atom is -0.478 e. The van der Waals surface area contributed by atoms with Crippen LogP contribution < -0.4 is 5.32 Å². The molecule has 6 heteroatoms. The summed E-state index contributed by atoms with van der Waals surface area (Å²) < 4.78 is 0. The van der Waals surface area contributed by atoms with E-state index in [1.807, 2.05) is 44.2 Å². The van der Waals surface area contributed by atoms with Gasteiger partial charge in [-0.3, -0.25) is 4.98 Å². The van der Waals surface area contributed by atoms with Crippen LogP contribution in [0, 0.1) is 13.8 Å². The fraction of sp³-hybridized carbons (Fsp3) is 0.111. The highest BCUT2D eigenvalue weighted by atomic mass is 35.5. The van der Waals surface area contributed by atoms with Gasteiger partial charge in [0.15, 0.2) is 0 Å². The van der Waals surface area contributed by atoms with Gasteiger partial charge in [0.05, 0.1) is 16.8 Å². The fourth-order valence-corrected chi connectivity index (χ4v) is 2.55. The molecule has 0 fully saturated rings. The quantitative estimate of drug-likeness (QED) is 0.675. The van der Waals surface area contributed by atoms with Gasteiger partial charge in [0.1, 0.15) is 0 Å². The second kappa shape index (κ2) is 7.99. The number of carbonyl (C=O) groups is 1. The fourth-order valence-electron chi connectivity index (χ4n) is 2.55. The number of rotatable bonds is 3. The van der Waals surface area contributed by atoms with E-state index in [4.69, 9.17) is 0 Å². The predicted molar refractivity (Wildman–Crippen MR) is 102 cm³/mol. The number of para-hydroxylation sites is 2. The highest BCUT2D eigenvalue weighted by Gasteiger charge is 2.11. The average Bonchev–Trinajstić information content (AvgIpc) is 2.49. The molecule has 0 saturated heterocycles. The highest BCUT2D eigenvalue weighted by molar-refractivity contribution is 5.99. The molecule has 0 aliphatic heterocycles. The van der Waals surface area contributed by atoms with Gasteiger partial charge >= 0.3 is 5.97 Å². The number of aromatic nitrogens is 1. The van der Waals surface area contributed by atoms with Crippen LogP contribution >= 0.6 is 24.8 Å². The molecular formula is C18H18Cl2N2O2. The van der Waals surface area contributed by atoms with Gasteiger partial charge in [0.25, 0.3) is 0 Å². The number of aryl methyl sites for hydroxylation is 2. The topological polar surface area (TPSA) is 62.2 Å². The summed E-state index contributed by atoms with van der Waals surface area (Å²) in [7, 11) is 0. The Morgan fingerprint density at radius 1 is 1.00 bits per heavy atom. The van der Waals surface area contributed by atoms with E-state index < -0.39 is 5.97 Å². The van der Waals surface area contributed by atoms with Crippen molar-refractivity contribution in [3.63, 3.8) is 0 Å². The van der Waals surface area contributed by atoms with Crippen molar-refractivity contribution in [2.75, 3.05) is 5.32 Å². The zero-order valence-electron chi connectivity index (χ0n) is 13.2. The van der Waals surface area contributed by atoms with E-state index in [0.717, 1.165) is 27.8 Å². The lowest BCUT2D eigenvalue weighted by molar-refractivity contribution is 0.0698. The summed E-state index contributed by atoms with van der Waals surface area (Å²) >= 11 is 0. The van der Waals surface area contributed by atoms with E-state index in [1.165, 1.54) is 0 Å². The van der Waals surface area contributed by atoms with Crippen molar-refractivity contribution in [3.05, 3.63) is 65.4 Å². The van der Waals surface area contributed by atoms with Crippen LogP contribution in [-0.4, -0.2) is 16.1 Å². The van der Waals surface area contributed by atoms with Crippen LogP contribution in [0.4, 0.5) is 11.4 Å². The van der Waals surface area contributed by atoms with Gasteiger partial charge in [0.2, 0.25) is 0 Å². The van der Waals surface area contributed by atoms with Crippen LogP contribution in [0.15, 0.2) is 48.5 Å². The summed E-state index contributed by atoms with van der Waals surface area (Å²) in [6.45, 7) is 3.95. The summed E-state index contributed by atoms with van der Waals surface area (Å²) in [6, 6.07) is 14.8. The molecular weight excluding hydrogens is 347 g/mol. The van der Waals surface area contributed by atoms with Crippen molar-refractivity contribution in [2.45, 2.75) is 13.8 Å². The first-order chi connectivity index (χ1) is 10.6. The van der Waals surface area contributed by atoms with Gasteiger partial charge in [-0.1, -0.05) is 30.3 Å². The number of fused-ring (bicyclic) bond motifs is 1. The molecule has 0 spiro atoms. The first kappa shape index (κ1) is 19.7. The van der Waals surface area contributed by atoms with Crippen LogP contribution in [0.3, 0.4) is 0 Å². The Morgan fingerprint density at radius 3 is 2.42 bits per heavy atom. The Bertz CT molecular complexity index is 882. The maximum absolute atomic E-state index is 11.3. The lowest BCUT2D eigenvalue weighted by atomic mass is 10.1. The number of carboxylic acids is 1. The first-order valence-electron chi connectivity index (χ1n) is 7.02. The molecule has 0 bridgehead atoms. The monoisotopic (exact) mass is 364 g/mol. The number of pyridine rings is 1. The number of aromatic carboxylic acids is 1. The Morgan fingerprint density at radius 2 is 1.71 bits per heavy atom. The minimum absolute atomic E-state index is 0. The second-order valence-corrected chi connectivity index (χ2v) is 5.26. The van der Waals surface area contributed by atoms with E-state index in [9.17, 15) is 9.90 Å². The SMILES string of the molecule is Cc1cc(Nc2ccccc2C(=O)O)c2cccc(C)c2n1.Cl.Cl. The molecule has 0 aliphatic rings. The number of anilines is 2. The third-order valence-corrected chi connectivity index (χ3v) is 3.60. The largest absolute Gasteiger partial charge is 0.478 e. The first-order valence-corrected chi connectivity index (χ1v) is 7.02. The predicted octanol–water partition coefficient (Wildman–Crippen LogP) is 5.14. The van der Waals surface area contributed by atoms with E-state index in [2.05, 4.69) is 10.3 Å². The third-order valence-electron chi connectivity index (χ3n) is 3.60. The molecule has 0 amide bonds. The Hall–Kier alpha value is -2.30. The second-order valence-electron chi connectivity index (χ2n) is 5.26. The summed E-state index contributed by atoms with van der Waals surface area (Å²) in [5.74, 6) is -0.950. The van der Waals surface area contributed by atoms with Crippen LogP contribution in [0.25, 0.3) is 10.9 Å². The van der Waals surface area contributed by atoms with Crippen molar-refractivity contribution >= 4 is 53.1 Å². The molecule has 1 heterocycles. The maximum Gasteiger partial charge on any atom is 0.337 e. The van der Waals surface area contributed by atoms with E-state index in [1.54, 1.807) is 18.2 Å². The number of hydrogen-bond acceptors (Lipinski definition) is 3. The van der Waals surface area contributed by atoms with Gasteiger partial charge < -0.3 is 10.4 Å². The summed E-state index contributed by atoms with van der Waals surface area (Å²) in [5, 5.41) is 13.5. The van der Waals surface area contributed by atoms with E-state index in [0.29, 0.717) is 5.69 Å². The molecule has 3 rings (SSSR count). The number of hydrogen-bond donors (Lipinski definition) is 2. The standard InChI is InChI=1S/C18H16N2O2.2ClH/c1-11-6-5-8-13-16(10-12(2)19-17(11)13)20-15-9-4-3-7-14(15)18(21)22;;/h3-10H,1-2H3,(H,19,20)(H,21,22);2*1H. The number of nitrogens with one attached hydrogen (secondary N) is 1. The number of nitrogens with zero attached hydrogens (tertiary/aromatic N) is 1. The molecule has 0 saturated carbocycles. The normalized spacial score (nSPS) is 9.75. The molecule has 0 unspecified atom stereocenters. The van der Waals surface area contributed by atoms with Crippen molar-refractivity contribution in [1.82, 2.24) is 4.98 Å². The maximum atomic E-state index is 11.3. The highest BCUT2D eigenvalue weighted by Crippen LogP contribution is 2.29. The zero-order chi connectivity index (χ0) is 15.7. The van der Waals surface area contributed by atoms with Crippen molar-refractivity contribution < 1.29 is 9.90 Å². The lowest BCUT2D eigenvalue weighted by Gasteiger charge is -2.13. The Balaban J connectivity index is 0.00000144. The molecule has 1 aromatic heterocycles. The average molecular weight is 365 g/mol. The molecule has 126 valence electrons. The molecule has 0 radical (unpaired) electrons. The summed E-state index contributed by atoms with van der Waals surface area (Å²) in [5.41, 5.74) is 4.59. The smallest absolute Gasteiger partial charge is 0.337 e. The molecule has 0 aliphatic carbocycles. The van der Waals surface area contributed by atoms with E-state index >= 15 is 0 Å². The van der Waals surface area contributed by atoms with Gasteiger partial charge in [-0.25, -0.2) is 4.79 Å².